The quantitative estimate of drug-likeness (QED) is 0.747. The number of aryl methyl sites for hydroxylation is 1. The molecule has 0 aromatic heterocycles. The van der Waals surface area contributed by atoms with Gasteiger partial charge in [-0.25, -0.2) is 0 Å². The molecule has 0 heterocycles. The zero-order valence-electron chi connectivity index (χ0n) is 10.9. The number of carbonyl (C=O) groups excluding carboxylic acids is 1. The van der Waals surface area contributed by atoms with E-state index < -0.39 is 0 Å². The Morgan fingerprint density at radius 2 is 1.69 bits per heavy atom. The number of nitrogens with zero attached hydrogens (tertiary/aromatic N) is 1. The lowest BCUT2D eigenvalue weighted by Gasteiger charge is -2.34. The Kier molecular flexibility index (Phi) is 3.74. The summed E-state index contributed by atoms with van der Waals surface area (Å²) in [5.41, 5.74) is 1.81. The third kappa shape index (κ3) is 2.84. The summed E-state index contributed by atoms with van der Waals surface area (Å²) < 4.78 is 0. The summed E-state index contributed by atoms with van der Waals surface area (Å²) in [6.45, 7) is 10.9. The van der Waals surface area contributed by atoms with Crippen molar-refractivity contribution in [3.8, 4) is 0 Å². The molecule has 2 heteroatoms. The van der Waals surface area contributed by atoms with Crippen LogP contribution in [0.2, 0.25) is 0 Å². The van der Waals surface area contributed by atoms with E-state index in [9.17, 15) is 4.79 Å². The van der Waals surface area contributed by atoms with Crippen LogP contribution in [0.5, 0.6) is 0 Å². The van der Waals surface area contributed by atoms with Gasteiger partial charge in [-0.2, -0.15) is 0 Å². The molecular formula is C14H21NO. The van der Waals surface area contributed by atoms with Crippen molar-refractivity contribution in [1.82, 2.24) is 4.90 Å². The van der Waals surface area contributed by atoms with Crippen LogP contribution in [-0.4, -0.2) is 22.9 Å². The van der Waals surface area contributed by atoms with E-state index in [-0.39, 0.29) is 11.4 Å². The highest BCUT2D eigenvalue weighted by atomic mass is 16.2. The van der Waals surface area contributed by atoms with Crippen LogP contribution >= 0.6 is 0 Å². The molecule has 1 aromatic rings. The topological polar surface area (TPSA) is 20.3 Å². The van der Waals surface area contributed by atoms with E-state index in [4.69, 9.17) is 0 Å². The summed E-state index contributed by atoms with van der Waals surface area (Å²) in [7, 11) is 0. The molecule has 16 heavy (non-hydrogen) atoms. The number of benzene rings is 1. The number of hydrogen-bond acceptors (Lipinski definition) is 1. The lowest BCUT2D eigenvalue weighted by molar-refractivity contribution is 0.0599. The van der Waals surface area contributed by atoms with Gasteiger partial charge < -0.3 is 4.90 Å². The van der Waals surface area contributed by atoms with Gasteiger partial charge in [0.25, 0.3) is 5.91 Å². The van der Waals surface area contributed by atoms with Gasteiger partial charge in [0.05, 0.1) is 0 Å². The van der Waals surface area contributed by atoms with Crippen LogP contribution in [0.25, 0.3) is 0 Å². The summed E-state index contributed by atoms with van der Waals surface area (Å²) in [5, 5.41) is 0. The zero-order valence-corrected chi connectivity index (χ0v) is 10.9. The van der Waals surface area contributed by atoms with E-state index in [1.807, 2.05) is 43.0 Å². The first kappa shape index (κ1) is 12.8. The zero-order chi connectivity index (χ0) is 12.3. The molecule has 0 fully saturated rings. The standard InChI is InChI=1S/C14H21NO/c1-6-15(14(3,4)5)13(16)12-9-7-11(2)8-10-12/h7-10H,6H2,1-5H3. The van der Waals surface area contributed by atoms with E-state index >= 15 is 0 Å². The maximum atomic E-state index is 12.3. The third-order valence-electron chi connectivity index (χ3n) is 2.67. The Morgan fingerprint density at radius 1 is 1.19 bits per heavy atom. The van der Waals surface area contributed by atoms with Crippen molar-refractivity contribution in [1.29, 1.82) is 0 Å². The van der Waals surface area contributed by atoms with E-state index in [0.29, 0.717) is 0 Å². The fourth-order valence-electron chi connectivity index (χ4n) is 1.77. The average molecular weight is 219 g/mol. The molecule has 0 bridgehead atoms. The highest BCUT2D eigenvalue weighted by Crippen LogP contribution is 2.17. The average Bonchev–Trinajstić information content (AvgIpc) is 2.17. The molecule has 2 nitrogen and oxygen atoms in total. The summed E-state index contributed by atoms with van der Waals surface area (Å²) in [6, 6.07) is 7.74. The molecule has 0 aliphatic heterocycles. The summed E-state index contributed by atoms with van der Waals surface area (Å²) in [5.74, 6) is 0.106. The molecule has 0 N–H and O–H groups in total. The molecule has 0 aliphatic carbocycles. The smallest absolute Gasteiger partial charge is 0.254 e. The normalized spacial score (nSPS) is 11.3. The maximum Gasteiger partial charge on any atom is 0.254 e. The van der Waals surface area contributed by atoms with Gasteiger partial charge in [-0.05, 0) is 46.8 Å². The minimum atomic E-state index is -0.128. The van der Waals surface area contributed by atoms with E-state index in [1.54, 1.807) is 0 Å². The molecule has 0 unspecified atom stereocenters. The number of amides is 1. The Hall–Kier alpha value is -1.31. The molecule has 0 saturated heterocycles. The van der Waals surface area contributed by atoms with Gasteiger partial charge in [-0.15, -0.1) is 0 Å². The molecule has 0 aliphatic rings. The molecule has 1 rings (SSSR count). The predicted molar refractivity (Wildman–Crippen MR) is 67.6 cm³/mol. The Labute approximate surface area is 98.3 Å². The minimum absolute atomic E-state index is 0.106. The Balaban J connectivity index is 2.96. The fraction of sp³-hybridized carbons (Fsp3) is 0.500. The molecular weight excluding hydrogens is 198 g/mol. The van der Waals surface area contributed by atoms with Crippen LogP contribution < -0.4 is 0 Å². The van der Waals surface area contributed by atoms with Crippen molar-refractivity contribution < 1.29 is 4.79 Å². The first-order valence-corrected chi connectivity index (χ1v) is 5.75. The van der Waals surface area contributed by atoms with Gasteiger partial charge in [0.2, 0.25) is 0 Å². The van der Waals surface area contributed by atoms with Crippen molar-refractivity contribution in [3.63, 3.8) is 0 Å². The fourth-order valence-corrected chi connectivity index (χ4v) is 1.77. The van der Waals surface area contributed by atoms with E-state index in [1.165, 1.54) is 5.56 Å². The number of hydrogen-bond donors (Lipinski definition) is 0. The second kappa shape index (κ2) is 4.69. The van der Waals surface area contributed by atoms with Gasteiger partial charge in [0.1, 0.15) is 0 Å². The van der Waals surface area contributed by atoms with Crippen LogP contribution in [0.15, 0.2) is 24.3 Å². The summed E-state index contributed by atoms with van der Waals surface area (Å²) in [6.07, 6.45) is 0. The lowest BCUT2D eigenvalue weighted by Crippen LogP contribution is -2.45. The van der Waals surface area contributed by atoms with Crippen LogP contribution in [0.3, 0.4) is 0 Å². The number of rotatable bonds is 2. The van der Waals surface area contributed by atoms with Gasteiger partial charge in [-0.1, -0.05) is 17.7 Å². The van der Waals surface area contributed by atoms with Crippen molar-refractivity contribution in [2.75, 3.05) is 6.54 Å². The van der Waals surface area contributed by atoms with Gasteiger partial charge >= 0.3 is 0 Å². The first-order chi connectivity index (χ1) is 7.36. The van der Waals surface area contributed by atoms with Gasteiger partial charge in [0.15, 0.2) is 0 Å². The monoisotopic (exact) mass is 219 g/mol. The van der Waals surface area contributed by atoms with Crippen molar-refractivity contribution in [3.05, 3.63) is 35.4 Å². The van der Waals surface area contributed by atoms with Crippen molar-refractivity contribution >= 4 is 5.91 Å². The van der Waals surface area contributed by atoms with Crippen molar-refractivity contribution in [2.45, 2.75) is 40.2 Å². The molecule has 0 saturated carbocycles. The largest absolute Gasteiger partial charge is 0.334 e. The van der Waals surface area contributed by atoms with Crippen LogP contribution in [0.1, 0.15) is 43.6 Å². The van der Waals surface area contributed by atoms with E-state index in [0.717, 1.165) is 12.1 Å². The third-order valence-corrected chi connectivity index (χ3v) is 2.67. The molecule has 88 valence electrons. The molecule has 0 atom stereocenters. The Morgan fingerprint density at radius 3 is 2.06 bits per heavy atom. The first-order valence-electron chi connectivity index (χ1n) is 5.75. The van der Waals surface area contributed by atoms with Crippen LogP contribution in [0, 0.1) is 6.92 Å². The summed E-state index contributed by atoms with van der Waals surface area (Å²) >= 11 is 0. The van der Waals surface area contributed by atoms with Crippen molar-refractivity contribution in [2.24, 2.45) is 0 Å². The highest BCUT2D eigenvalue weighted by molar-refractivity contribution is 5.94. The van der Waals surface area contributed by atoms with Crippen LogP contribution in [-0.2, 0) is 0 Å². The van der Waals surface area contributed by atoms with Gasteiger partial charge in [-0.3, -0.25) is 4.79 Å². The predicted octanol–water partition coefficient (Wildman–Crippen LogP) is 3.26. The molecule has 1 aromatic carbocycles. The second-order valence-corrected chi connectivity index (χ2v) is 5.09. The highest BCUT2D eigenvalue weighted by Gasteiger charge is 2.25. The van der Waals surface area contributed by atoms with E-state index in [2.05, 4.69) is 20.8 Å². The molecule has 0 spiro atoms. The minimum Gasteiger partial charge on any atom is -0.334 e. The summed E-state index contributed by atoms with van der Waals surface area (Å²) in [4.78, 5) is 14.1. The van der Waals surface area contributed by atoms with Crippen LogP contribution in [0.4, 0.5) is 0 Å². The second-order valence-electron chi connectivity index (χ2n) is 5.09. The Bertz CT molecular complexity index is 359. The van der Waals surface area contributed by atoms with Gasteiger partial charge in [0, 0.05) is 17.6 Å². The lowest BCUT2D eigenvalue weighted by atomic mass is 10.0. The maximum absolute atomic E-state index is 12.3. The SMILES string of the molecule is CCN(C(=O)c1ccc(C)cc1)C(C)(C)C. The number of carbonyl (C=O) groups is 1. The molecule has 1 amide bonds. The molecule has 0 radical (unpaired) electrons.